The van der Waals surface area contributed by atoms with Crippen LogP contribution in [0.1, 0.15) is 43.3 Å². The van der Waals surface area contributed by atoms with E-state index in [1.807, 2.05) is 4.68 Å². The second kappa shape index (κ2) is 3.68. The smallest absolute Gasteiger partial charge is 0.309 e. The predicted octanol–water partition coefficient (Wildman–Crippen LogP) is 1.58. The van der Waals surface area contributed by atoms with Gasteiger partial charge in [0.2, 0.25) is 0 Å². The fourth-order valence-corrected chi connectivity index (χ4v) is 2.25. The van der Waals surface area contributed by atoms with Crippen LogP contribution in [0.4, 0.5) is 0 Å². The van der Waals surface area contributed by atoms with Crippen molar-refractivity contribution in [2.24, 2.45) is 0 Å². The number of hydrogen-bond acceptors (Lipinski definition) is 2. The molecule has 0 aromatic carbocycles. The van der Waals surface area contributed by atoms with Crippen LogP contribution >= 0.6 is 0 Å². The van der Waals surface area contributed by atoms with Crippen LogP contribution < -0.4 is 0 Å². The minimum atomic E-state index is -0.793. The van der Waals surface area contributed by atoms with E-state index < -0.39 is 5.97 Å². The van der Waals surface area contributed by atoms with E-state index in [0.29, 0.717) is 6.04 Å². The number of rotatable bonds is 3. The van der Waals surface area contributed by atoms with Gasteiger partial charge in [-0.15, -0.1) is 0 Å². The third-order valence-corrected chi connectivity index (χ3v) is 2.85. The average Bonchev–Trinajstić information content (AvgIpc) is 2.66. The summed E-state index contributed by atoms with van der Waals surface area (Å²) >= 11 is 0. The number of aliphatic carboxylic acids is 1. The topological polar surface area (TPSA) is 55.1 Å². The number of carbonyl (C=O) groups is 1. The third-order valence-electron chi connectivity index (χ3n) is 2.85. The number of aromatic nitrogens is 2. The van der Waals surface area contributed by atoms with Crippen LogP contribution in [0, 0.1) is 0 Å². The van der Waals surface area contributed by atoms with Gasteiger partial charge in [-0.25, -0.2) is 0 Å². The van der Waals surface area contributed by atoms with Gasteiger partial charge in [0.1, 0.15) is 0 Å². The zero-order valence-electron chi connectivity index (χ0n) is 9.16. The molecule has 0 atom stereocenters. The molecule has 0 bridgehead atoms. The molecule has 2 rings (SSSR count). The lowest BCUT2D eigenvalue weighted by atomic mass is 10.1. The highest BCUT2D eigenvalue weighted by Crippen LogP contribution is 2.27. The second-order valence-electron chi connectivity index (χ2n) is 4.33. The molecule has 1 aliphatic carbocycles. The van der Waals surface area contributed by atoms with Gasteiger partial charge in [-0.3, -0.25) is 9.48 Å². The Labute approximate surface area is 88.9 Å². The highest BCUT2D eigenvalue weighted by Gasteiger charge is 2.24. The van der Waals surface area contributed by atoms with Gasteiger partial charge < -0.3 is 5.11 Å². The molecule has 1 aromatic heterocycles. The first-order chi connectivity index (χ1) is 7.09. The first-order valence-corrected chi connectivity index (χ1v) is 5.40. The van der Waals surface area contributed by atoms with Gasteiger partial charge in [-0.1, -0.05) is 0 Å². The highest BCUT2D eigenvalue weighted by atomic mass is 16.4. The Balaban J connectivity index is 2.40. The molecule has 0 spiro atoms. The average molecular weight is 208 g/mol. The molecule has 0 radical (unpaired) electrons. The maximum absolute atomic E-state index is 10.7. The third kappa shape index (κ3) is 1.76. The molecule has 1 heterocycles. The monoisotopic (exact) mass is 208 g/mol. The van der Waals surface area contributed by atoms with Crippen molar-refractivity contribution in [3.63, 3.8) is 0 Å². The zero-order chi connectivity index (χ0) is 11.0. The van der Waals surface area contributed by atoms with Gasteiger partial charge in [0.15, 0.2) is 0 Å². The maximum atomic E-state index is 10.7. The number of fused-ring (bicyclic) bond motifs is 1. The highest BCUT2D eigenvalue weighted by molar-refractivity contribution is 5.70. The summed E-state index contributed by atoms with van der Waals surface area (Å²) < 4.78 is 1.99. The SMILES string of the molecule is CC(C)n1nc(CC(=O)O)c2c1CCC2. The molecular weight excluding hydrogens is 192 g/mol. The van der Waals surface area contributed by atoms with E-state index in [4.69, 9.17) is 5.11 Å². The fourth-order valence-electron chi connectivity index (χ4n) is 2.25. The van der Waals surface area contributed by atoms with Gasteiger partial charge in [-0.2, -0.15) is 5.10 Å². The van der Waals surface area contributed by atoms with Crippen LogP contribution in [0.15, 0.2) is 0 Å². The first kappa shape index (κ1) is 10.2. The summed E-state index contributed by atoms with van der Waals surface area (Å²) in [4.78, 5) is 10.7. The molecule has 4 heteroatoms. The molecule has 82 valence electrons. The summed E-state index contributed by atoms with van der Waals surface area (Å²) in [6, 6.07) is 0.319. The second-order valence-corrected chi connectivity index (χ2v) is 4.33. The Bertz CT molecular complexity index is 394. The predicted molar refractivity (Wildman–Crippen MR) is 56.0 cm³/mol. The summed E-state index contributed by atoms with van der Waals surface area (Å²) in [5, 5.41) is 13.2. The Morgan fingerprint density at radius 2 is 2.27 bits per heavy atom. The van der Waals surface area contributed by atoms with Crippen LogP contribution in [0.2, 0.25) is 0 Å². The lowest BCUT2D eigenvalue weighted by Gasteiger charge is -2.08. The van der Waals surface area contributed by atoms with E-state index in [2.05, 4.69) is 18.9 Å². The molecule has 1 aliphatic rings. The van der Waals surface area contributed by atoms with Crippen molar-refractivity contribution in [2.75, 3.05) is 0 Å². The molecule has 4 nitrogen and oxygen atoms in total. The Morgan fingerprint density at radius 1 is 1.53 bits per heavy atom. The lowest BCUT2D eigenvalue weighted by Crippen LogP contribution is -2.08. The molecule has 1 N–H and O–H groups in total. The zero-order valence-corrected chi connectivity index (χ0v) is 9.16. The van der Waals surface area contributed by atoms with E-state index in [-0.39, 0.29) is 6.42 Å². The summed E-state index contributed by atoms with van der Waals surface area (Å²) in [5.41, 5.74) is 3.20. The molecule has 0 amide bonds. The van der Waals surface area contributed by atoms with Gasteiger partial charge in [0, 0.05) is 11.7 Å². The number of hydrogen-bond donors (Lipinski definition) is 1. The summed E-state index contributed by atoms with van der Waals surface area (Å²) in [6.07, 6.45) is 3.22. The number of nitrogens with zero attached hydrogens (tertiary/aromatic N) is 2. The van der Waals surface area contributed by atoms with Gasteiger partial charge >= 0.3 is 5.97 Å². The van der Waals surface area contributed by atoms with Crippen molar-refractivity contribution in [3.05, 3.63) is 17.0 Å². The number of carboxylic acids is 1. The van der Waals surface area contributed by atoms with Crippen LogP contribution in [-0.4, -0.2) is 20.9 Å². The van der Waals surface area contributed by atoms with Crippen molar-refractivity contribution in [1.82, 2.24) is 9.78 Å². The van der Waals surface area contributed by atoms with Gasteiger partial charge in [0.05, 0.1) is 12.1 Å². The van der Waals surface area contributed by atoms with Crippen LogP contribution in [0.5, 0.6) is 0 Å². The van der Waals surface area contributed by atoms with Crippen molar-refractivity contribution in [2.45, 2.75) is 45.6 Å². The van der Waals surface area contributed by atoms with Gasteiger partial charge in [0.25, 0.3) is 0 Å². The van der Waals surface area contributed by atoms with E-state index in [9.17, 15) is 4.79 Å². The minimum absolute atomic E-state index is 0.0576. The fraction of sp³-hybridized carbons (Fsp3) is 0.636. The number of carboxylic acid groups (broad SMARTS) is 1. The molecule has 0 aliphatic heterocycles. The molecule has 0 unspecified atom stereocenters. The normalized spacial score (nSPS) is 14.6. The molecule has 0 fully saturated rings. The maximum Gasteiger partial charge on any atom is 0.309 e. The van der Waals surface area contributed by atoms with Gasteiger partial charge in [-0.05, 0) is 38.7 Å². The standard InChI is InChI=1S/C11H16N2O2/c1-7(2)13-10-5-3-4-8(10)9(12-13)6-11(14)15/h7H,3-6H2,1-2H3,(H,14,15). The van der Waals surface area contributed by atoms with Crippen molar-refractivity contribution in [1.29, 1.82) is 0 Å². The summed E-state index contributed by atoms with van der Waals surface area (Å²) in [6.45, 7) is 4.16. The van der Waals surface area contributed by atoms with Crippen molar-refractivity contribution < 1.29 is 9.90 Å². The van der Waals surface area contributed by atoms with Crippen molar-refractivity contribution >= 4 is 5.97 Å². The van der Waals surface area contributed by atoms with Crippen LogP contribution in [-0.2, 0) is 24.1 Å². The van der Waals surface area contributed by atoms with E-state index in [1.54, 1.807) is 0 Å². The Morgan fingerprint density at radius 3 is 2.87 bits per heavy atom. The largest absolute Gasteiger partial charge is 0.481 e. The molecule has 15 heavy (non-hydrogen) atoms. The summed E-state index contributed by atoms with van der Waals surface area (Å²) in [7, 11) is 0. The molecule has 0 saturated carbocycles. The molecular formula is C11H16N2O2. The lowest BCUT2D eigenvalue weighted by molar-refractivity contribution is -0.136. The first-order valence-electron chi connectivity index (χ1n) is 5.40. The van der Waals surface area contributed by atoms with E-state index in [0.717, 1.165) is 25.0 Å². The Kier molecular flexibility index (Phi) is 2.50. The summed E-state index contributed by atoms with van der Waals surface area (Å²) in [5.74, 6) is -0.793. The quantitative estimate of drug-likeness (QED) is 0.820. The molecule has 0 saturated heterocycles. The van der Waals surface area contributed by atoms with Crippen molar-refractivity contribution in [3.8, 4) is 0 Å². The van der Waals surface area contributed by atoms with Crippen LogP contribution in [0.3, 0.4) is 0 Å². The minimum Gasteiger partial charge on any atom is -0.481 e. The van der Waals surface area contributed by atoms with E-state index >= 15 is 0 Å². The Hall–Kier alpha value is -1.32. The van der Waals surface area contributed by atoms with E-state index in [1.165, 1.54) is 11.3 Å². The molecule has 1 aromatic rings. The van der Waals surface area contributed by atoms with Crippen LogP contribution in [0.25, 0.3) is 0 Å².